The van der Waals surface area contributed by atoms with Crippen molar-refractivity contribution in [3.8, 4) is 0 Å². The number of hydrogen-bond donors (Lipinski definition) is 1. The molecular weight excluding hydrogens is 360 g/mol. The van der Waals surface area contributed by atoms with Gasteiger partial charge in [0.15, 0.2) is 9.84 Å². The molecular formula is C13H11BrN2O4S. The number of nitrogens with zero attached hydrogens (tertiary/aromatic N) is 1. The number of nitro groups is 1. The fraction of sp³-hybridized carbons (Fsp3) is 0.0769. The van der Waals surface area contributed by atoms with Gasteiger partial charge in [0, 0.05) is 16.6 Å². The van der Waals surface area contributed by atoms with E-state index in [1.165, 1.54) is 36.4 Å². The van der Waals surface area contributed by atoms with Crippen molar-refractivity contribution in [1.29, 1.82) is 0 Å². The quantitative estimate of drug-likeness (QED) is 0.506. The van der Waals surface area contributed by atoms with Crippen molar-refractivity contribution >= 4 is 37.1 Å². The lowest BCUT2D eigenvalue weighted by Gasteiger charge is -2.08. The molecule has 8 heteroatoms. The SMILES string of the molecule is Nc1ccc(Br)cc1S(=O)(=O)Cc1ccc([N+](=O)[O-])cc1. The molecule has 2 aromatic carbocycles. The molecule has 0 amide bonds. The third-order valence-corrected chi connectivity index (χ3v) is 5.04. The van der Waals surface area contributed by atoms with Crippen LogP contribution >= 0.6 is 15.9 Å². The van der Waals surface area contributed by atoms with Gasteiger partial charge >= 0.3 is 0 Å². The number of sulfone groups is 1. The lowest BCUT2D eigenvalue weighted by molar-refractivity contribution is -0.384. The van der Waals surface area contributed by atoms with E-state index in [0.717, 1.165) is 0 Å². The Morgan fingerprint density at radius 1 is 1.14 bits per heavy atom. The summed E-state index contributed by atoms with van der Waals surface area (Å²) in [5, 5.41) is 10.6. The number of rotatable bonds is 4. The predicted octanol–water partition coefficient (Wildman–Crippen LogP) is 2.91. The molecule has 2 N–H and O–H groups in total. The van der Waals surface area contributed by atoms with Crippen LogP contribution in [0.3, 0.4) is 0 Å². The fourth-order valence-corrected chi connectivity index (χ4v) is 3.82. The van der Waals surface area contributed by atoms with Crippen LogP contribution in [0, 0.1) is 10.1 Å². The summed E-state index contributed by atoms with van der Waals surface area (Å²) in [5.74, 6) is -0.272. The number of anilines is 1. The second-order valence-electron chi connectivity index (χ2n) is 4.36. The van der Waals surface area contributed by atoms with Gasteiger partial charge in [0.1, 0.15) is 0 Å². The highest BCUT2D eigenvalue weighted by Crippen LogP contribution is 2.26. The molecule has 6 nitrogen and oxygen atoms in total. The minimum atomic E-state index is -3.62. The fourth-order valence-electron chi connectivity index (χ4n) is 1.79. The second kappa shape index (κ2) is 5.82. The van der Waals surface area contributed by atoms with Gasteiger partial charge in [-0.25, -0.2) is 8.42 Å². The van der Waals surface area contributed by atoms with Crippen molar-refractivity contribution in [2.75, 3.05) is 5.73 Å². The highest BCUT2D eigenvalue weighted by atomic mass is 79.9. The number of hydrogen-bond acceptors (Lipinski definition) is 5. The maximum atomic E-state index is 12.4. The van der Waals surface area contributed by atoms with Gasteiger partial charge in [0.25, 0.3) is 5.69 Å². The van der Waals surface area contributed by atoms with Gasteiger partial charge in [-0.15, -0.1) is 0 Å². The van der Waals surface area contributed by atoms with E-state index in [1.807, 2.05) is 0 Å². The zero-order valence-corrected chi connectivity index (χ0v) is 13.1. The molecule has 0 aromatic heterocycles. The van der Waals surface area contributed by atoms with E-state index in [1.54, 1.807) is 6.07 Å². The van der Waals surface area contributed by atoms with Crippen molar-refractivity contribution in [2.24, 2.45) is 0 Å². The van der Waals surface area contributed by atoms with Crippen LogP contribution in [0.2, 0.25) is 0 Å². The van der Waals surface area contributed by atoms with E-state index in [0.29, 0.717) is 10.0 Å². The van der Waals surface area contributed by atoms with Crippen LogP contribution in [-0.4, -0.2) is 13.3 Å². The van der Waals surface area contributed by atoms with Gasteiger partial charge in [0.2, 0.25) is 0 Å². The van der Waals surface area contributed by atoms with Gasteiger partial charge in [-0.3, -0.25) is 10.1 Å². The van der Waals surface area contributed by atoms with E-state index in [4.69, 9.17) is 5.73 Å². The average molecular weight is 371 g/mol. The molecule has 0 saturated heterocycles. The minimum Gasteiger partial charge on any atom is -0.398 e. The van der Waals surface area contributed by atoms with Gasteiger partial charge < -0.3 is 5.73 Å². The monoisotopic (exact) mass is 370 g/mol. The molecule has 21 heavy (non-hydrogen) atoms. The highest BCUT2D eigenvalue weighted by Gasteiger charge is 2.19. The van der Waals surface area contributed by atoms with E-state index in [-0.39, 0.29) is 22.0 Å². The normalized spacial score (nSPS) is 11.3. The molecule has 0 bridgehead atoms. The minimum absolute atomic E-state index is 0.0372. The van der Waals surface area contributed by atoms with Crippen LogP contribution in [0.15, 0.2) is 51.8 Å². The third-order valence-electron chi connectivity index (χ3n) is 2.81. The van der Waals surface area contributed by atoms with E-state index < -0.39 is 14.8 Å². The first kappa shape index (κ1) is 15.5. The van der Waals surface area contributed by atoms with Crippen LogP contribution in [-0.2, 0) is 15.6 Å². The Bertz CT molecular complexity index is 788. The number of nitrogen functional groups attached to an aromatic ring is 1. The van der Waals surface area contributed by atoms with Crippen LogP contribution in [0.25, 0.3) is 0 Å². The van der Waals surface area contributed by atoms with E-state index >= 15 is 0 Å². The molecule has 0 aliphatic heterocycles. The van der Waals surface area contributed by atoms with Crippen molar-refractivity contribution in [3.05, 3.63) is 62.6 Å². The highest BCUT2D eigenvalue weighted by molar-refractivity contribution is 9.10. The first-order valence-corrected chi connectivity index (χ1v) is 8.25. The summed E-state index contributed by atoms with van der Waals surface area (Å²) in [6, 6.07) is 9.99. The van der Waals surface area contributed by atoms with Gasteiger partial charge in [0.05, 0.1) is 21.3 Å². The lowest BCUT2D eigenvalue weighted by Crippen LogP contribution is -2.08. The summed E-state index contributed by atoms with van der Waals surface area (Å²) in [4.78, 5) is 10.1. The molecule has 0 radical (unpaired) electrons. The molecule has 0 fully saturated rings. The summed E-state index contributed by atoms with van der Waals surface area (Å²) in [6.07, 6.45) is 0. The van der Waals surface area contributed by atoms with Crippen molar-refractivity contribution in [3.63, 3.8) is 0 Å². The summed E-state index contributed by atoms with van der Waals surface area (Å²) < 4.78 is 25.3. The molecule has 0 atom stereocenters. The van der Waals surface area contributed by atoms with Crippen LogP contribution in [0.1, 0.15) is 5.56 Å². The number of halogens is 1. The van der Waals surface area contributed by atoms with Crippen LogP contribution < -0.4 is 5.73 Å². The lowest BCUT2D eigenvalue weighted by atomic mass is 10.2. The second-order valence-corrected chi connectivity index (χ2v) is 7.24. The molecule has 0 unspecified atom stereocenters. The molecule has 0 aliphatic carbocycles. The Balaban J connectivity index is 2.33. The number of nitrogens with two attached hydrogens (primary N) is 1. The van der Waals surface area contributed by atoms with E-state index in [2.05, 4.69) is 15.9 Å². The van der Waals surface area contributed by atoms with Gasteiger partial charge in [-0.2, -0.15) is 0 Å². The standard InChI is InChI=1S/C13H11BrN2O4S/c14-10-3-6-12(15)13(7-10)21(19,20)8-9-1-4-11(5-2-9)16(17)18/h1-7H,8,15H2. The zero-order valence-electron chi connectivity index (χ0n) is 10.7. The Kier molecular flexibility index (Phi) is 4.29. The summed E-state index contributed by atoms with van der Waals surface area (Å²) in [7, 11) is -3.62. The van der Waals surface area contributed by atoms with E-state index in [9.17, 15) is 18.5 Å². The molecule has 0 aliphatic rings. The summed E-state index contributed by atoms with van der Waals surface area (Å²) in [6.45, 7) is 0. The average Bonchev–Trinajstić information content (AvgIpc) is 2.41. The summed E-state index contributed by atoms with van der Waals surface area (Å²) >= 11 is 3.20. The largest absolute Gasteiger partial charge is 0.398 e. The Morgan fingerprint density at radius 3 is 2.33 bits per heavy atom. The molecule has 2 rings (SSSR count). The molecule has 0 heterocycles. The van der Waals surface area contributed by atoms with Crippen molar-refractivity contribution in [2.45, 2.75) is 10.6 Å². The number of nitro benzene ring substituents is 1. The Labute approximate surface area is 129 Å². The maximum absolute atomic E-state index is 12.4. The molecule has 0 spiro atoms. The smallest absolute Gasteiger partial charge is 0.269 e. The Hall–Kier alpha value is -1.93. The molecule has 110 valence electrons. The number of non-ortho nitro benzene ring substituents is 1. The van der Waals surface area contributed by atoms with Crippen LogP contribution in [0.5, 0.6) is 0 Å². The maximum Gasteiger partial charge on any atom is 0.269 e. The van der Waals surface area contributed by atoms with Gasteiger partial charge in [-0.05, 0) is 23.8 Å². The van der Waals surface area contributed by atoms with Crippen molar-refractivity contribution < 1.29 is 13.3 Å². The van der Waals surface area contributed by atoms with Crippen LogP contribution in [0.4, 0.5) is 11.4 Å². The first-order valence-electron chi connectivity index (χ1n) is 5.81. The van der Waals surface area contributed by atoms with Gasteiger partial charge in [-0.1, -0.05) is 28.1 Å². The predicted molar refractivity (Wildman–Crippen MR) is 82.5 cm³/mol. The topological polar surface area (TPSA) is 103 Å². The van der Waals surface area contributed by atoms with Crippen molar-refractivity contribution in [1.82, 2.24) is 0 Å². The molecule has 2 aromatic rings. The zero-order chi connectivity index (χ0) is 15.6. The molecule has 0 saturated carbocycles. The number of benzene rings is 2. The summed E-state index contributed by atoms with van der Waals surface area (Å²) in [5.41, 5.74) is 6.24. The third kappa shape index (κ3) is 3.59. The Morgan fingerprint density at radius 2 is 1.76 bits per heavy atom. The first-order chi connectivity index (χ1) is 9.79.